The lowest BCUT2D eigenvalue weighted by molar-refractivity contribution is -0.127. The van der Waals surface area contributed by atoms with Crippen LogP contribution in [0.4, 0.5) is 0 Å². The van der Waals surface area contributed by atoms with Crippen LogP contribution >= 0.6 is 11.3 Å². The van der Waals surface area contributed by atoms with Crippen molar-refractivity contribution in [3.63, 3.8) is 0 Å². The molecule has 2 aromatic carbocycles. The van der Waals surface area contributed by atoms with E-state index >= 15 is 0 Å². The number of aromatic nitrogens is 1. The molecular formula is C24H26N2O4S. The van der Waals surface area contributed by atoms with Crippen molar-refractivity contribution in [3.05, 3.63) is 53.0 Å². The third kappa shape index (κ3) is 4.51. The van der Waals surface area contributed by atoms with Gasteiger partial charge in [0.1, 0.15) is 0 Å². The Hall–Kier alpha value is -3.06. The zero-order chi connectivity index (χ0) is 21.8. The summed E-state index contributed by atoms with van der Waals surface area (Å²) in [5.74, 6) is 1.93. The van der Waals surface area contributed by atoms with Crippen LogP contribution in [0, 0.1) is 0 Å². The van der Waals surface area contributed by atoms with Gasteiger partial charge < -0.3 is 19.1 Å². The van der Waals surface area contributed by atoms with Gasteiger partial charge in [-0.25, -0.2) is 4.98 Å². The molecule has 1 amide bonds. The van der Waals surface area contributed by atoms with E-state index in [1.807, 2.05) is 35.2 Å². The third-order valence-corrected chi connectivity index (χ3v) is 6.70. The fourth-order valence-electron chi connectivity index (χ4n) is 3.91. The molecule has 1 unspecified atom stereocenters. The minimum atomic E-state index is -0.000405. The number of likely N-dealkylation sites (tertiary alicyclic amines) is 1. The Kier molecular flexibility index (Phi) is 6.42. The molecule has 0 radical (unpaired) electrons. The van der Waals surface area contributed by atoms with Crippen LogP contribution in [0.15, 0.2) is 42.5 Å². The number of thiazole rings is 1. The number of piperidine rings is 1. The van der Waals surface area contributed by atoms with Gasteiger partial charge in [0, 0.05) is 25.1 Å². The minimum Gasteiger partial charge on any atom is -0.493 e. The number of fused-ring (bicyclic) bond motifs is 1. The lowest BCUT2D eigenvalue weighted by Gasteiger charge is -2.31. The first-order valence-corrected chi connectivity index (χ1v) is 11.1. The zero-order valence-electron chi connectivity index (χ0n) is 18.0. The van der Waals surface area contributed by atoms with Crippen molar-refractivity contribution >= 4 is 33.5 Å². The lowest BCUT2D eigenvalue weighted by atomic mass is 9.98. The van der Waals surface area contributed by atoms with Crippen molar-refractivity contribution in [2.75, 3.05) is 34.4 Å². The SMILES string of the molecule is COc1cc(/C=C/C(=O)N2CCCC(c3nc4ccccc4s3)C2)cc(OC)c1OC. The summed E-state index contributed by atoms with van der Waals surface area (Å²) >= 11 is 1.73. The second-order valence-corrected chi connectivity index (χ2v) is 8.50. The molecule has 1 aromatic heterocycles. The van der Waals surface area contributed by atoms with Crippen LogP contribution < -0.4 is 14.2 Å². The first kappa shape index (κ1) is 21.2. The lowest BCUT2D eigenvalue weighted by Crippen LogP contribution is -2.38. The number of ether oxygens (including phenoxy) is 3. The van der Waals surface area contributed by atoms with Gasteiger partial charge in [0.25, 0.3) is 0 Å². The van der Waals surface area contributed by atoms with Gasteiger partial charge in [-0.05, 0) is 48.7 Å². The Balaban J connectivity index is 1.48. The number of amides is 1. The summed E-state index contributed by atoms with van der Waals surface area (Å²) in [7, 11) is 4.72. The molecule has 1 atom stereocenters. The summed E-state index contributed by atoms with van der Waals surface area (Å²) in [6.07, 6.45) is 5.43. The third-order valence-electron chi connectivity index (χ3n) is 5.50. The van der Waals surface area contributed by atoms with E-state index in [2.05, 4.69) is 6.07 Å². The Bertz CT molecular complexity index is 1050. The van der Waals surface area contributed by atoms with Crippen molar-refractivity contribution in [3.8, 4) is 17.2 Å². The molecule has 3 aromatic rings. The molecule has 1 aliphatic rings. The number of rotatable bonds is 6. The van der Waals surface area contributed by atoms with Gasteiger partial charge in [0.05, 0.1) is 36.6 Å². The Morgan fingerprint density at radius 3 is 2.55 bits per heavy atom. The summed E-state index contributed by atoms with van der Waals surface area (Å²) in [6.45, 7) is 1.46. The molecule has 1 aliphatic heterocycles. The first-order chi connectivity index (χ1) is 15.1. The van der Waals surface area contributed by atoms with E-state index in [1.165, 1.54) is 4.70 Å². The molecule has 0 N–H and O–H groups in total. The fraction of sp³-hybridized carbons (Fsp3) is 0.333. The average molecular weight is 439 g/mol. The monoisotopic (exact) mass is 438 g/mol. The van der Waals surface area contributed by atoms with Gasteiger partial charge in [0.15, 0.2) is 11.5 Å². The van der Waals surface area contributed by atoms with Crippen LogP contribution in [0.5, 0.6) is 17.2 Å². The van der Waals surface area contributed by atoms with E-state index in [0.717, 1.165) is 35.5 Å². The Morgan fingerprint density at radius 1 is 1.13 bits per heavy atom. The maximum atomic E-state index is 12.9. The summed E-state index contributed by atoms with van der Waals surface area (Å²) in [4.78, 5) is 19.6. The van der Waals surface area contributed by atoms with E-state index in [1.54, 1.807) is 44.8 Å². The molecule has 1 fully saturated rings. The van der Waals surface area contributed by atoms with Crippen LogP contribution in [-0.4, -0.2) is 50.2 Å². The second kappa shape index (κ2) is 9.39. The van der Waals surface area contributed by atoms with Crippen molar-refractivity contribution in [1.82, 2.24) is 9.88 Å². The molecule has 4 rings (SSSR count). The first-order valence-electron chi connectivity index (χ1n) is 10.3. The molecule has 0 aliphatic carbocycles. The predicted molar refractivity (Wildman–Crippen MR) is 123 cm³/mol. The van der Waals surface area contributed by atoms with Crippen molar-refractivity contribution < 1.29 is 19.0 Å². The number of hydrogen-bond acceptors (Lipinski definition) is 6. The van der Waals surface area contributed by atoms with Crippen molar-refractivity contribution in [2.45, 2.75) is 18.8 Å². The van der Waals surface area contributed by atoms with Crippen LogP contribution in [0.3, 0.4) is 0 Å². The van der Waals surface area contributed by atoms with E-state index in [9.17, 15) is 4.79 Å². The normalized spacial score (nSPS) is 16.6. The van der Waals surface area contributed by atoms with Crippen LogP contribution in [0.25, 0.3) is 16.3 Å². The van der Waals surface area contributed by atoms with E-state index in [4.69, 9.17) is 19.2 Å². The molecule has 7 heteroatoms. The van der Waals surface area contributed by atoms with Crippen molar-refractivity contribution in [2.24, 2.45) is 0 Å². The summed E-state index contributed by atoms with van der Waals surface area (Å²) in [5.41, 5.74) is 1.84. The molecule has 31 heavy (non-hydrogen) atoms. The Labute approximate surface area is 186 Å². The number of carbonyl (C=O) groups is 1. The molecule has 0 spiro atoms. The van der Waals surface area contributed by atoms with Gasteiger partial charge in [-0.1, -0.05) is 12.1 Å². The fourth-order valence-corrected chi connectivity index (χ4v) is 5.01. The Morgan fingerprint density at radius 2 is 1.87 bits per heavy atom. The van der Waals surface area contributed by atoms with E-state index < -0.39 is 0 Å². The predicted octanol–water partition coefficient (Wildman–Crippen LogP) is 4.74. The summed E-state index contributed by atoms with van der Waals surface area (Å²) < 4.78 is 17.3. The average Bonchev–Trinajstić information content (AvgIpc) is 3.26. The molecular weight excluding hydrogens is 412 g/mol. The minimum absolute atomic E-state index is 0.000405. The maximum absolute atomic E-state index is 12.9. The largest absolute Gasteiger partial charge is 0.493 e. The number of methoxy groups -OCH3 is 3. The standard InChI is InChI=1S/C24H26N2O4S/c1-28-19-13-16(14-20(29-2)23(19)30-3)10-11-22(27)26-12-6-7-17(15-26)24-25-18-8-4-5-9-21(18)31-24/h4-5,8-11,13-14,17H,6-7,12,15H2,1-3H3/b11-10+. The van der Waals surface area contributed by atoms with Gasteiger partial charge in [0.2, 0.25) is 11.7 Å². The molecule has 2 heterocycles. The zero-order valence-corrected chi connectivity index (χ0v) is 18.8. The topological polar surface area (TPSA) is 60.9 Å². The van der Waals surface area contributed by atoms with Gasteiger partial charge in [-0.2, -0.15) is 0 Å². The second-order valence-electron chi connectivity index (χ2n) is 7.44. The molecule has 0 saturated carbocycles. The van der Waals surface area contributed by atoms with Gasteiger partial charge in [-0.15, -0.1) is 11.3 Å². The highest BCUT2D eigenvalue weighted by molar-refractivity contribution is 7.18. The maximum Gasteiger partial charge on any atom is 0.246 e. The molecule has 0 bridgehead atoms. The highest BCUT2D eigenvalue weighted by atomic mass is 32.1. The van der Waals surface area contributed by atoms with Crippen LogP contribution in [-0.2, 0) is 4.79 Å². The summed E-state index contributed by atoms with van der Waals surface area (Å²) in [5, 5.41) is 1.12. The molecule has 1 saturated heterocycles. The van der Waals surface area contributed by atoms with Crippen LogP contribution in [0.2, 0.25) is 0 Å². The van der Waals surface area contributed by atoms with Gasteiger partial charge >= 0.3 is 0 Å². The molecule has 162 valence electrons. The quantitative estimate of drug-likeness (QED) is 0.520. The smallest absolute Gasteiger partial charge is 0.246 e. The van der Waals surface area contributed by atoms with E-state index in [-0.39, 0.29) is 11.8 Å². The number of benzene rings is 2. The van der Waals surface area contributed by atoms with E-state index in [0.29, 0.717) is 23.8 Å². The number of para-hydroxylation sites is 1. The van der Waals surface area contributed by atoms with Crippen LogP contribution in [0.1, 0.15) is 29.3 Å². The van der Waals surface area contributed by atoms with Gasteiger partial charge in [-0.3, -0.25) is 4.79 Å². The molecule has 6 nitrogen and oxygen atoms in total. The highest BCUT2D eigenvalue weighted by Gasteiger charge is 2.26. The number of nitrogens with zero attached hydrogens (tertiary/aromatic N) is 2. The summed E-state index contributed by atoms with van der Waals surface area (Å²) in [6, 6.07) is 11.8. The highest BCUT2D eigenvalue weighted by Crippen LogP contribution is 2.38. The number of hydrogen-bond donors (Lipinski definition) is 0. The van der Waals surface area contributed by atoms with Crippen molar-refractivity contribution in [1.29, 1.82) is 0 Å². The number of carbonyl (C=O) groups excluding carboxylic acids is 1.